The first-order chi connectivity index (χ1) is 15.6. The molecule has 176 valence electrons. The maximum Gasteiger partial charge on any atom is 0.255 e. The summed E-state index contributed by atoms with van der Waals surface area (Å²) in [6.07, 6.45) is 4.57. The monoisotopic (exact) mass is 444 g/mol. The standard InChI is InChI=1S/C24H36N4O4/c1-2-3-9-26-19-14-20(23-22(15-19)31-12-6-13-32-23)24(30)27-16-18-7-11-28(17-21(18)29)10-5-4-8-25/h14-15,18,21,26,29H,2-7,9-13,16-17H2,1H3,(H,27,30)/t18-,21?/m0/s1. The summed E-state index contributed by atoms with van der Waals surface area (Å²) in [7, 11) is 0. The van der Waals surface area contributed by atoms with Crippen molar-refractivity contribution >= 4 is 11.6 Å². The van der Waals surface area contributed by atoms with Crippen molar-refractivity contribution in [2.24, 2.45) is 5.92 Å². The van der Waals surface area contributed by atoms with Crippen LogP contribution in [0.5, 0.6) is 11.5 Å². The average Bonchev–Trinajstić information content (AvgIpc) is 3.04. The number of likely N-dealkylation sites (tertiary alicyclic amines) is 1. The Bertz CT molecular complexity index is 795. The summed E-state index contributed by atoms with van der Waals surface area (Å²) in [6, 6.07) is 5.89. The highest BCUT2D eigenvalue weighted by atomic mass is 16.5. The van der Waals surface area contributed by atoms with Crippen molar-refractivity contribution in [1.82, 2.24) is 10.2 Å². The first kappa shape index (κ1) is 24.1. The van der Waals surface area contributed by atoms with Gasteiger partial charge in [-0.2, -0.15) is 5.26 Å². The van der Waals surface area contributed by atoms with Gasteiger partial charge in [-0.15, -0.1) is 0 Å². The van der Waals surface area contributed by atoms with E-state index in [1.807, 2.05) is 12.1 Å². The van der Waals surface area contributed by atoms with Gasteiger partial charge in [0.2, 0.25) is 0 Å². The summed E-state index contributed by atoms with van der Waals surface area (Å²) in [5.41, 5.74) is 1.31. The zero-order valence-corrected chi connectivity index (χ0v) is 19.1. The second-order valence-corrected chi connectivity index (χ2v) is 8.57. The number of rotatable bonds is 10. The predicted molar refractivity (Wildman–Crippen MR) is 123 cm³/mol. The Balaban J connectivity index is 1.61. The van der Waals surface area contributed by atoms with Crippen molar-refractivity contribution in [3.63, 3.8) is 0 Å². The van der Waals surface area contributed by atoms with Crippen LogP contribution in [-0.4, -0.2) is 68.0 Å². The molecule has 0 spiro atoms. The first-order valence-corrected chi connectivity index (χ1v) is 11.9. The molecule has 1 aromatic rings. The minimum Gasteiger partial charge on any atom is -0.489 e. The van der Waals surface area contributed by atoms with E-state index in [1.54, 1.807) is 0 Å². The molecule has 1 fully saturated rings. The molecule has 3 N–H and O–H groups in total. The highest BCUT2D eigenvalue weighted by Gasteiger charge is 2.28. The van der Waals surface area contributed by atoms with Crippen LogP contribution in [0.1, 0.15) is 55.8 Å². The van der Waals surface area contributed by atoms with Gasteiger partial charge in [0.1, 0.15) is 0 Å². The molecule has 2 atom stereocenters. The van der Waals surface area contributed by atoms with E-state index in [2.05, 4.69) is 28.5 Å². The van der Waals surface area contributed by atoms with E-state index in [4.69, 9.17) is 14.7 Å². The minimum absolute atomic E-state index is 0.00722. The van der Waals surface area contributed by atoms with E-state index < -0.39 is 6.10 Å². The number of hydrogen-bond donors (Lipinski definition) is 3. The van der Waals surface area contributed by atoms with Gasteiger partial charge in [-0.1, -0.05) is 13.3 Å². The van der Waals surface area contributed by atoms with Gasteiger partial charge < -0.3 is 30.1 Å². The van der Waals surface area contributed by atoms with Crippen LogP contribution in [0.25, 0.3) is 0 Å². The van der Waals surface area contributed by atoms with Crippen LogP contribution < -0.4 is 20.1 Å². The number of benzene rings is 1. The molecule has 3 rings (SSSR count). The number of carbonyl (C=O) groups excluding carboxylic acids is 1. The molecule has 0 aromatic heterocycles. The van der Waals surface area contributed by atoms with E-state index in [0.29, 0.717) is 49.8 Å². The number of β-amino-alcohol motifs (C(OH)–C–C–N with tert-alkyl or cyclic N) is 1. The number of nitrogens with one attached hydrogen (secondary N) is 2. The van der Waals surface area contributed by atoms with E-state index in [-0.39, 0.29) is 11.8 Å². The first-order valence-electron chi connectivity index (χ1n) is 11.9. The van der Waals surface area contributed by atoms with Crippen LogP contribution in [0.4, 0.5) is 5.69 Å². The SMILES string of the molecule is CCCCNc1cc2c(c(C(=O)NC[C@@H]3CCN(CCCC#N)CC3O)c1)OCCCO2. The zero-order valence-electron chi connectivity index (χ0n) is 19.1. The molecule has 2 aliphatic heterocycles. The lowest BCUT2D eigenvalue weighted by Gasteiger charge is -2.36. The number of nitriles is 1. The number of piperidine rings is 1. The second-order valence-electron chi connectivity index (χ2n) is 8.57. The number of aliphatic hydroxyl groups is 1. The second kappa shape index (κ2) is 12.5. The molecule has 0 radical (unpaired) electrons. The minimum atomic E-state index is -0.495. The fraction of sp³-hybridized carbons (Fsp3) is 0.667. The fourth-order valence-electron chi connectivity index (χ4n) is 4.14. The molecular weight excluding hydrogens is 408 g/mol. The van der Waals surface area contributed by atoms with Gasteiger partial charge in [-0.25, -0.2) is 0 Å². The summed E-state index contributed by atoms with van der Waals surface area (Å²) in [4.78, 5) is 15.3. The van der Waals surface area contributed by atoms with Gasteiger partial charge in [0.25, 0.3) is 5.91 Å². The summed E-state index contributed by atoms with van der Waals surface area (Å²) in [6.45, 7) is 6.72. The van der Waals surface area contributed by atoms with Crippen LogP contribution >= 0.6 is 0 Å². The van der Waals surface area contributed by atoms with Crippen LogP contribution in [0, 0.1) is 17.2 Å². The Kier molecular flexibility index (Phi) is 9.44. The van der Waals surface area contributed by atoms with Gasteiger partial charge in [0.15, 0.2) is 11.5 Å². The molecule has 0 saturated carbocycles. The molecular formula is C24H36N4O4. The Morgan fingerprint density at radius 1 is 1.31 bits per heavy atom. The molecule has 2 heterocycles. The zero-order chi connectivity index (χ0) is 22.8. The Labute approximate surface area is 190 Å². The van der Waals surface area contributed by atoms with Crippen molar-refractivity contribution < 1.29 is 19.4 Å². The molecule has 2 aliphatic rings. The number of anilines is 1. The number of carbonyl (C=O) groups is 1. The molecule has 1 unspecified atom stereocenters. The third-order valence-corrected chi connectivity index (χ3v) is 6.04. The topological polar surface area (TPSA) is 107 Å². The third-order valence-electron chi connectivity index (χ3n) is 6.04. The average molecular weight is 445 g/mol. The fourth-order valence-corrected chi connectivity index (χ4v) is 4.14. The molecule has 8 nitrogen and oxygen atoms in total. The van der Waals surface area contributed by atoms with Gasteiger partial charge in [-0.3, -0.25) is 4.79 Å². The van der Waals surface area contributed by atoms with Crippen LogP contribution in [0.2, 0.25) is 0 Å². The van der Waals surface area contributed by atoms with Crippen molar-refractivity contribution in [2.45, 2.75) is 51.6 Å². The van der Waals surface area contributed by atoms with Gasteiger partial charge in [-0.05, 0) is 38.4 Å². The Morgan fingerprint density at radius 3 is 2.94 bits per heavy atom. The van der Waals surface area contributed by atoms with Crippen molar-refractivity contribution in [3.8, 4) is 17.6 Å². The maximum absolute atomic E-state index is 13.1. The molecule has 0 aliphatic carbocycles. The highest BCUT2D eigenvalue weighted by Crippen LogP contribution is 2.36. The molecule has 1 saturated heterocycles. The van der Waals surface area contributed by atoms with Crippen molar-refractivity contribution in [2.75, 3.05) is 51.3 Å². The van der Waals surface area contributed by atoms with Crippen LogP contribution in [-0.2, 0) is 0 Å². The van der Waals surface area contributed by atoms with Gasteiger partial charge in [0.05, 0.1) is 31.0 Å². The summed E-state index contributed by atoms with van der Waals surface area (Å²) >= 11 is 0. The number of hydrogen-bond acceptors (Lipinski definition) is 7. The molecule has 32 heavy (non-hydrogen) atoms. The lowest BCUT2D eigenvalue weighted by Crippen LogP contribution is -2.47. The molecule has 0 bridgehead atoms. The van der Waals surface area contributed by atoms with Gasteiger partial charge >= 0.3 is 0 Å². The number of unbranched alkanes of at least 4 members (excludes halogenated alkanes) is 2. The number of ether oxygens (including phenoxy) is 2. The summed E-state index contributed by atoms with van der Waals surface area (Å²) in [5.74, 6) is 0.885. The highest BCUT2D eigenvalue weighted by molar-refractivity contribution is 5.99. The maximum atomic E-state index is 13.1. The number of fused-ring (bicyclic) bond motifs is 1. The van der Waals surface area contributed by atoms with E-state index in [0.717, 1.165) is 57.4 Å². The third kappa shape index (κ3) is 6.75. The van der Waals surface area contributed by atoms with E-state index in [1.165, 1.54) is 0 Å². The van der Waals surface area contributed by atoms with Gasteiger partial charge in [0, 0.05) is 50.1 Å². The van der Waals surface area contributed by atoms with Crippen molar-refractivity contribution in [1.29, 1.82) is 5.26 Å². The molecule has 8 heteroatoms. The van der Waals surface area contributed by atoms with Crippen LogP contribution in [0.15, 0.2) is 12.1 Å². The number of nitrogens with zero attached hydrogens (tertiary/aromatic N) is 2. The Morgan fingerprint density at radius 2 is 2.16 bits per heavy atom. The van der Waals surface area contributed by atoms with E-state index in [9.17, 15) is 9.90 Å². The molecule has 1 amide bonds. The predicted octanol–water partition coefficient (Wildman–Crippen LogP) is 2.78. The van der Waals surface area contributed by atoms with Crippen LogP contribution in [0.3, 0.4) is 0 Å². The lowest BCUT2D eigenvalue weighted by molar-refractivity contribution is 0.0219. The smallest absolute Gasteiger partial charge is 0.255 e. The summed E-state index contributed by atoms with van der Waals surface area (Å²) < 4.78 is 11.7. The Hall–Kier alpha value is -2.50. The lowest BCUT2D eigenvalue weighted by atomic mass is 9.93. The van der Waals surface area contributed by atoms with Crippen molar-refractivity contribution in [3.05, 3.63) is 17.7 Å². The quantitative estimate of drug-likeness (QED) is 0.476. The number of aliphatic hydroxyl groups excluding tert-OH is 1. The largest absolute Gasteiger partial charge is 0.489 e. The van der Waals surface area contributed by atoms with E-state index >= 15 is 0 Å². The normalized spacial score (nSPS) is 20.8. The summed E-state index contributed by atoms with van der Waals surface area (Å²) in [5, 5.41) is 25.6. The molecule has 1 aromatic carbocycles. The number of amides is 1.